The lowest BCUT2D eigenvalue weighted by Gasteiger charge is -2.31. The highest BCUT2D eigenvalue weighted by atomic mass is 32.2. The number of hydrogen-bond donors (Lipinski definition) is 2. The van der Waals surface area contributed by atoms with Crippen LogP contribution in [0, 0.1) is 0 Å². The smallest absolute Gasteiger partial charge is 0.262 e. The number of rotatable bonds is 16. The standard InChI is InChI=1S/C33H49N4O2S2/c1-36(2,24-12-26-38)22-10-20-34-28-14-5-7-16-30(28)40-32(34)18-9-19-33-35(29-15-6-8-17-31(29)41-33)21-11-23-37(3,4)25-13-27-39/h5-9,14-19,38-39H,10-13,20-27H2,1-4H3/q+3. The number of thiazole rings is 1. The molecule has 41 heavy (non-hydrogen) atoms. The van der Waals surface area contributed by atoms with Crippen molar-refractivity contribution in [2.24, 2.45) is 0 Å². The molecule has 2 aromatic carbocycles. The Bertz CT molecular complexity index is 1330. The van der Waals surface area contributed by atoms with E-state index in [0.717, 1.165) is 73.9 Å². The van der Waals surface area contributed by atoms with Gasteiger partial charge in [-0.3, -0.25) is 0 Å². The summed E-state index contributed by atoms with van der Waals surface area (Å²) in [6, 6.07) is 17.4. The molecular formula is C33H49N4O2S2+3. The van der Waals surface area contributed by atoms with Crippen molar-refractivity contribution in [1.29, 1.82) is 0 Å². The molecule has 0 radical (unpaired) electrons. The predicted molar refractivity (Wildman–Crippen MR) is 175 cm³/mol. The van der Waals surface area contributed by atoms with Crippen molar-refractivity contribution in [2.75, 3.05) is 79.0 Å². The summed E-state index contributed by atoms with van der Waals surface area (Å²) in [7, 11) is 9.04. The van der Waals surface area contributed by atoms with E-state index in [9.17, 15) is 10.2 Å². The van der Waals surface area contributed by atoms with Gasteiger partial charge in [0.15, 0.2) is 6.54 Å². The molecule has 0 spiro atoms. The maximum Gasteiger partial charge on any atom is 0.262 e. The van der Waals surface area contributed by atoms with Gasteiger partial charge in [-0.15, -0.1) is 0 Å². The normalized spacial score (nSPS) is 15.1. The van der Waals surface area contributed by atoms with Gasteiger partial charge in [-0.1, -0.05) is 53.4 Å². The van der Waals surface area contributed by atoms with Crippen LogP contribution in [-0.2, 0) is 6.54 Å². The van der Waals surface area contributed by atoms with E-state index in [1.807, 2.05) is 23.1 Å². The highest BCUT2D eigenvalue weighted by Crippen LogP contribution is 2.45. The van der Waals surface area contributed by atoms with Crippen LogP contribution in [0.15, 0.2) is 70.6 Å². The van der Waals surface area contributed by atoms with Crippen LogP contribution in [-0.4, -0.2) is 93.3 Å². The molecule has 8 heteroatoms. The monoisotopic (exact) mass is 597 g/mol. The van der Waals surface area contributed by atoms with E-state index < -0.39 is 0 Å². The summed E-state index contributed by atoms with van der Waals surface area (Å²) >= 11 is 3.72. The molecule has 6 nitrogen and oxygen atoms in total. The lowest BCUT2D eigenvalue weighted by Crippen LogP contribution is -2.44. The quantitative estimate of drug-likeness (QED) is 0.173. The number of aryl methyl sites for hydroxylation is 1. The molecule has 0 fully saturated rings. The van der Waals surface area contributed by atoms with Crippen LogP contribution in [0.25, 0.3) is 16.3 Å². The van der Waals surface area contributed by atoms with Crippen LogP contribution in [0.2, 0.25) is 0 Å². The van der Waals surface area contributed by atoms with Crippen LogP contribution >= 0.6 is 23.1 Å². The van der Waals surface area contributed by atoms with E-state index in [-0.39, 0.29) is 13.2 Å². The molecule has 0 bridgehead atoms. The van der Waals surface area contributed by atoms with Crippen molar-refractivity contribution in [3.63, 3.8) is 0 Å². The van der Waals surface area contributed by atoms with E-state index in [2.05, 4.69) is 104 Å². The highest BCUT2D eigenvalue weighted by molar-refractivity contribution is 8.03. The van der Waals surface area contributed by atoms with Crippen molar-refractivity contribution in [1.82, 2.24) is 0 Å². The first kappa shape index (κ1) is 31.7. The zero-order chi connectivity index (χ0) is 29.3. The Morgan fingerprint density at radius 1 is 0.805 bits per heavy atom. The van der Waals surface area contributed by atoms with Gasteiger partial charge in [0.25, 0.3) is 5.01 Å². The summed E-state index contributed by atoms with van der Waals surface area (Å²) in [6.07, 6.45) is 10.7. The SMILES string of the molecule is C[N+](C)(CCCO)CCCN1/C(=C\C=C\c2sc3ccccc3[n+]2CCC[N+](C)(C)CCCO)Sc2ccccc21. The molecule has 222 valence electrons. The van der Waals surface area contributed by atoms with Crippen LogP contribution in [0.3, 0.4) is 0 Å². The third-order valence-electron chi connectivity index (χ3n) is 7.88. The fourth-order valence-electron chi connectivity index (χ4n) is 5.56. The van der Waals surface area contributed by atoms with Gasteiger partial charge in [0.2, 0.25) is 5.52 Å². The summed E-state index contributed by atoms with van der Waals surface area (Å²) in [5.41, 5.74) is 2.60. The lowest BCUT2D eigenvalue weighted by molar-refractivity contribution is -0.892. The molecule has 4 rings (SSSR count). The second-order valence-corrected chi connectivity index (χ2v) is 14.4. The number of aliphatic hydroxyl groups is 2. The maximum absolute atomic E-state index is 9.25. The van der Waals surface area contributed by atoms with Crippen molar-refractivity contribution in [2.45, 2.75) is 37.1 Å². The number of para-hydroxylation sites is 2. The van der Waals surface area contributed by atoms with Gasteiger partial charge in [0, 0.05) is 56.1 Å². The Balaban J connectivity index is 1.49. The molecular weight excluding hydrogens is 549 g/mol. The third kappa shape index (κ3) is 8.89. The number of fused-ring (bicyclic) bond motifs is 2. The number of hydrogen-bond acceptors (Lipinski definition) is 5. The highest BCUT2D eigenvalue weighted by Gasteiger charge is 2.25. The first-order chi connectivity index (χ1) is 19.7. The zero-order valence-electron chi connectivity index (χ0n) is 25.3. The van der Waals surface area contributed by atoms with Gasteiger partial charge >= 0.3 is 0 Å². The van der Waals surface area contributed by atoms with Crippen molar-refractivity contribution in [3.8, 4) is 0 Å². The summed E-state index contributed by atoms with van der Waals surface area (Å²) in [5.74, 6) is 0. The van der Waals surface area contributed by atoms with Gasteiger partial charge in [-0.2, -0.15) is 4.57 Å². The van der Waals surface area contributed by atoms with Gasteiger partial charge in [0.05, 0.1) is 71.5 Å². The number of benzene rings is 2. The zero-order valence-corrected chi connectivity index (χ0v) is 27.0. The molecule has 0 saturated heterocycles. The largest absolute Gasteiger partial charge is 0.396 e. The summed E-state index contributed by atoms with van der Waals surface area (Å²) in [5, 5.41) is 21.1. The summed E-state index contributed by atoms with van der Waals surface area (Å²) in [4.78, 5) is 3.79. The molecule has 2 N–H and O–H groups in total. The van der Waals surface area contributed by atoms with Crippen LogP contribution < -0.4 is 9.47 Å². The minimum absolute atomic E-state index is 0.263. The Morgan fingerprint density at radius 2 is 1.44 bits per heavy atom. The average molecular weight is 598 g/mol. The van der Waals surface area contributed by atoms with Crippen LogP contribution in [0.1, 0.15) is 30.7 Å². The summed E-state index contributed by atoms with van der Waals surface area (Å²) < 4.78 is 5.67. The van der Waals surface area contributed by atoms with Crippen molar-refractivity contribution >= 4 is 45.1 Å². The number of thioether (sulfide) groups is 1. The number of nitrogens with zero attached hydrogens (tertiary/aromatic N) is 4. The molecule has 1 aliphatic rings. The van der Waals surface area contributed by atoms with Gasteiger partial charge in [0.1, 0.15) is 4.70 Å². The minimum Gasteiger partial charge on any atom is -0.396 e. The maximum atomic E-state index is 9.25. The molecule has 2 heterocycles. The number of quaternary nitrogens is 2. The molecule has 0 amide bonds. The van der Waals surface area contributed by atoms with Crippen LogP contribution in [0.4, 0.5) is 5.69 Å². The average Bonchev–Trinajstić information content (AvgIpc) is 3.48. The molecule has 0 atom stereocenters. The number of anilines is 1. The van der Waals surface area contributed by atoms with Gasteiger partial charge in [-0.25, -0.2) is 0 Å². The fraction of sp³-hybridized carbons (Fsp3) is 0.485. The lowest BCUT2D eigenvalue weighted by atomic mass is 10.2. The second-order valence-electron chi connectivity index (χ2n) is 12.3. The Morgan fingerprint density at radius 3 is 2.17 bits per heavy atom. The van der Waals surface area contributed by atoms with E-state index in [1.54, 1.807) is 0 Å². The van der Waals surface area contributed by atoms with E-state index in [0.29, 0.717) is 0 Å². The number of allylic oxidation sites excluding steroid dienone is 2. The topological polar surface area (TPSA) is 47.6 Å². The Kier molecular flexibility index (Phi) is 11.5. The Labute approximate surface area is 255 Å². The Hall–Kier alpha value is -2.20. The van der Waals surface area contributed by atoms with Crippen LogP contribution in [0.5, 0.6) is 0 Å². The fourth-order valence-corrected chi connectivity index (χ4v) is 7.77. The van der Waals surface area contributed by atoms with Gasteiger partial charge < -0.3 is 24.1 Å². The van der Waals surface area contributed by atoms with E-state index >= 15 is 0 Å². The van der Waals surface area contributed by atoms with Crippen molar-refractivity contribution < 1.29 is 23.7 Å². The summed E-state index contributed by atoms with van der Waals surface area (Å²) in [6.45, 7) is 6.67. The van der Waals surface area contributed by atoms with E-state index in [1.165, 1.54) is 30.8 Å². The second kappa shape index (κ2) is 14.8. The third-order valence-corrected chi connectivity index (χ3v) is 10.1. The molecule has 0 aliphatic carbocycles. The minimum atomic E-state index is 0.263. The molecule has 3 aromatic rings. The first-order valence-corrected chi connectivity index (χ1v) is 16.6. The number of aliphatic hydroxyl groups excluding tert-OH is 2. The molecule has 0 unspecified atom stereocenters. The predicted octanol–water partition coefficient (Wildman–Crippen LogP) is 5.35. The van der Waals surface area contributed by atoms with E-state index in [4.69, 9.17) is 0 Å². The van der Waals surface area contributed by atoms with Crippen molar-refractivity contribution in [3.05, 3.63) is 70.7 Å². The molecule has 1 aliphatic heterocycles. The molecule has 1 aromatic heterocycles. The van der Waals surface area contributed by atoms with Gasteiger partial charge in [-0.05, 0) is 24.3 Å². The molecule has 0 saturated carbocycles. The first-order valence-electron chi connectivity index (χ1n) is 14.9. The number of aromatic nitrogens is 1.